The highest BCUT2D eigenvalue weighted by atomic mass is 35.5. The molecule has 188 valence electrons. The second kappa shape index (κ2) is 12.0. The molecule has 3 amide bonds. The smallest absolute Gasteiger partial charge is 0.411 e. The fourth-order valence-corrected chi connectivity index (χ4v) is 4.29. The summed E-state index contributed by atoms with van der Waals surface area (Å²) in [7, 11) is 0. The molecule has 0 aliphatic carbocycles. The zero-order valence-electron chi connectivity index (χ0n) is 20.2. The Labute approximate surface area is 211 Å². The third kappa shape index (κ3) is 7.44. The maximum atomic E-state index is 12.9. The molecule has 0 spiro atoms. The van der Waals surface area contributed by atoms with Crippen molar-refractivity contribution in [3.63, 3.8) is 0 Å². The predicted molar refractivity (Wildman–Crippen MR) is 136 cm³/mol. The number of hydrogen-bond donors (Lipinski definition) is 3. The van der Waals surface area contributed by atoms with Crippen LogP contribution in [0.3, 0.4) is 0 Å². The number of hydrogen-bond acceptors (Lipinski definition) is 5. The van der Waals surface area contributed by atoms with Gasteiger partial charge in [0.25, 0.3) is 0 Å². The largest absolute Gasteiger partial charge is 0.447 e. The second-order valence-corrected chi connectivity index (χ2v) is 9.37. The summed E-state index contributed by atoms with van der Waals surface area (Å²) < 4.78 is 5.54. The quantitative estimate of drug-likeness (QED) is 0.513. The van der Waals surface area contributed by atoms with Crippen molar-refractivity contribution in [2.75, 3.05) is 25.0 Å². The molecule has 4 N–H and O–H groups in total. The third-order valence-corrected chi connectivity index (χ3v) is 6.59. The highest BCUT2D eigenvalue weighted by molar-refractivity contribution is 6.31. The number of nitrogens with zero attached hydrogens (tertiary/aromatic N) is 1. The normalized spacial score (nSPS) is 15.7. The van der Waals surface area contributed by atoms with Crippen molar-refractivity contribution in [1.82, 2.24) is 10.2 Å². The molecule has 9 heteroatoms. The number of likely N-dealkylation sites (tertiary alicyclic amines) is 1. The minimum absolute atomic E-state index is 0.0274. The summed E-state index contributed by atoms with van der Waals surface area (Å²) in [4.78, 5) is 39.4. The fraction of sp³-hybridized carbons (Fsp3) is 0.423. The van der Waals surface area contributed by atoms with E-state index in [2.05, 4.69) is 17.6 Å². The minimum Gasteiger partial charge on any atom is -0.447 e. The van der Waals surface area contributed by atoms with E-state index in [-0.39, 0.29) is 24.8 Å². The average molecular weight is 501 g/mol. The van der Waals surface area contributed by atoms with Crippen molar-refractivity contribution in [2.24, 2.45) is 5.73 Å². The van der Waals surface area contributed by atoms with Crippen molar-refractivity contribution in [2.45, 2.75) is 51.1 Å². The summed E-state index contributed by atoms with van der Waals surface area (Å²) in [6, 6.07) is 14.1. The van der Waals surface area contributed by atoms with Crippen LogP contribution in [0.25, 0.3) is 0 Å². The Bertz CT molecular complexity index is 1030. The van der Waals surface area contributed by atoms with Crippen LogP contribution in [0.1, 0.15) is 37.8 Å². The number of ether oxygens (including phenoxy) is 1. The maximum absolute atomic E-state index is 12.9. The van der Waals surface area contributed by atoms with Crippen molar-refractivity contribution < 1.29 is 19.1 Å². The van der Waals surface area contributed by atoms with Crippen molar-refractivity contribution in [3.05, 3.63) is 64.7 Å². The predicted octanol–water partition coefficient (Wildman–Crippen LogP) is 3.52. The summed E-state index contributed by atoms with van der Waals surface area (Å²) in [6.07, 6.45) is 1.25. The molecular formula is C26H33ClN4O4. The first-order valence-electron chi connectivity index (χ1n) is 11.8. The minimum atomic E-state index is -0.809. The van der Waals surface area contributed by atoms with Crippen LogP contribution in [-0.2, 0) is 27.2 Å². The molecule has 0 bridgehead atoms. The van der Waals surface area contributed by atoms with Crippen molar-refractivity contribution in [3.8, 4) is 0 Å². The van der Waals surface area contributed by atoms with Crippen LogP contribution in [0.15, 0.2) is 48.5 Å². The molecule has 1 aliphatic rings. The first-order chi connectivity index (χ1) is 16.7. The standard InChI is InChI=1S/C26H33ClN4O4/c1-3-19-8-10-21(11-9-19)29-25(34)35-17-26(12-14-31(15-13-26)24(33)18(2)28)30-23(32)16-20-6-4-5-7-22(20)27/h4-11,18H,3,12-17,28H2,1-2H3,(H,29,34)(H,30,32)/t18-/m1/s1. The molecule has 8 nitrogen and oxygen atoms in total. The number of nitrogens with two attached hydrogens (primary N) is 1. The van der Waals surface area contributed by atoms with Crippen LogP contribution in [-0.4, -0.2) is 54.1 Å². The molecule has 0 unspecified atom stereocenters. The molecule has 3 rings (SSSR count). The van der Waals surface area contributed by atoms with Gasteiger partial charge in [0.05, 0.1) is 18.0 Å². The third-order valence-electron chi connectivity index (χ3n) is 6.22. The van der Waals surface area contributed by atoms with E-state index in [0.717, 1.165) is 12.0 Å². The number of rotatable bonds is 8. The lowest BCUT2D eigenvalue weighted by Crippen LogP contribution is -2.60. The molecule has 1 saturated heterocycles. The van der Waals surface area contributed by atoms with Gasteiger partial charge in [0.1, 0.15) is 6.61 Å². The molecule has 0 aromatic heterocycles. The summed E-state index contributed by atoms with van der Waals surface area (Å²) in [6.45, 7) is 4.48. The molecule has 0 radical (unpaired) electrons. The SMILES string of the molecule is CCc1ccc(NC(=O)OCC2(NC(=O)Cc3ccccc3Cl)CCN(C(=O)[C@@H](C)N)CC2)cc1. The van der Waals surface area contributed by atoms with Gasteiger partial charge in [-0.3, -0.25) is 14.9 Å². The van der Waals surface area contributed by atoms with Gasteiger partial charge in [-0.25, -0.2) is 4.79 Å². The molecule has 1 aliphatic heterocycles. The lowest BCUT2D eigenvalue weighted by atomic mass is 9.87. The van der Waals surface area contributed by atoms with Gasteiger partial charge in [-0.1, -0.05) is 48.9 Å². The van der Waals surface area contributed by atoms with E-state index >= 15 is 0 Å². The molecule has 0 saturated carbocycles. The highest BCUT2D eigenvalue weighted by Crippen LogP contribution is 2.25. The fourth-order valence-electron chi connectivity index (χ4n) is 4.08. The lowest BCUT2D eigenvalue weighted by Gasteiger charge is -2.42. The van der Waals surface area contributed by atoms with E-state index in [1.807, 2.05) is 30.3 Å². The molecule has 1 fully saturated rings. The molecule has 1 atom stereocenters. The van der Waals surface area contributed by atoms with Crippen LogP contribution in [0.2, 0.25) is 5.02 Å². The van der Waals surface area contributed by atoms with Gasteiger partial charge in [0.15, 0.2) is 0 Å². The Morgan fingerprint density at radius 3 is 2.37 bits per heavy atom. The average Bonchev–Trinajstić information content (AvgIpc) is 2.85. The van der Waals surface area contributed by atoms with E-state index in [0.29, 0.717) is 42.2 Å². The Kier molecular flexibility index (Phi) is 9.12. The summed E-state index contributed by atoms with van der Waals surface area (Å²) >= 11 is 6.21. The van der Waals surface area contributed by atoms with Crippen molar-refractivity contribution in [1.29, 1.82) is 0 Å². The molecule has 1 heterocycles. The van der Waals surface area contributed by atoms with Crippen LogP contribution in [0, 0.1) is 0 Å². The van der Waals surface area contributed by atoms with Gasteiger partial charge in [-0.2, -0.15) is 0 Å². The highest BCUT2D eigenvalue weighted by Gasteiger charge is 2.39. The summed E-state index contributed by atoms with van der Waals surface area (Å²) in [5.41, 5.74) is 7.44. The lowest BCUT2D eigenvalue weighted by molar-refractivity contribution is -0.134. The zero-order valence-corrected chi connectivity index (χ0v) is 20.9. The Morgan fingerprint density at radius 2 is 1.77 bits per heavy atom. The number of piperidine rings is 1. The van der Waals surface area contributed by atoms with E-state index in [9.17, 15) is 14.4 Å². The number of amides is 3. The molecular weight excluding hydrogens is 468 g/mol. The van der Waals surface area contributed by atoms with Crippen LogP contribution < -0.4 is 16.4 Å². The molecule has 2 aromatic rings. The first kappa shape index (κ1) is 26.5. The molecule has 35 heavy (non-hydrogen) atoms. The van der Waals surface area contributed by atoms with Gasteiger partial charge in [-0.05, 0) is 55.5 Å². The zero-order chi connectivity index (χ0) is 25.4. The number of carbonyl (C=O) groups excluding carboxylic acids is 3. The number of carbonyl (C=O) groups is 3. The van der Waals surface area contributed by atoms with E-state index in [4.69, 9.17) is 22.1 Å². The topological polar surface area (TPSA) is 114 Å². The monoisotopic (exact) mass is 500 g/mol. The Balaban J connectivity index is 1.66. The number of aryl methyl sites for hydroxylation is 1. The molecule has 2 aromatic carbocycles. The number of nitrogens with one attached hydrogen (secondary N) is 2. The summed E-state index contributed by atoms with van der Waals surface area (Å²) in [5.74, 6) is -0.376. The van der Waals surface area contributed by atoms with E-state index < -0.39 is 17.7 Å². The van der Waals surface area contributed by atoms with Crippen LogP contribution >= 0.6 is 11.6 Å². The van der Waals surface area contributed by atoms with Gasteiger partial charge in [0.2, 0.25) is 11.8 Å². The van der Waals surface area contributed by atoms with E-state index in [1.165, 1.54) is 0 Å². The van der Waals surface area contributed by atoms with Crippen LogP contribution in [0.4, 0.5) is 10.5 Å². The number of anilines is 1. The number of benzene rings is 2. The summed E-state index contributed by atoms with van der Waals surface area (Å²) in [5, 5.41) is 6.29. The van der Waals surface area contributed by atoms with Gasteiger partial charge in [0, 0.05) is 23.8 Å². The first-order valence-corrected chi connectivity index (χ1v) is 12.2. The van der Waals surface area contributed by atoms with E-state index in [1.54, 1.807) is 30.0 Å². The number of halogens is 1. The Morgan fingerprint density at radius 1 is 1.11 bits per heavy atom. The maximum Gasteiger partial charge on any atom is 0.411 e. The van der Waals surface area contributed by atoms with Crippen molar-refractivity contribution >= 4 is 35.2 Å². The van der Waals surface area contributed by atoms with Gasteiger partial charge < -0.3 is 20.7 Å². The Hall–Kier alpha value is -3.10. The van der Waals surface area contributed by atoms with Gasteiger partial charge >= 0.3 is 6.09 Å². The van der Waals surface area contributed by atoms with Gasteiger partial charge in [-0.15, -0.1) is 0 Å². The van der Waals surface area contributed by atoms with Crippen LogP contribution in [0.5, 0.6) is 0 Å². The second-order valence-electron chi connectivity index (χ2n) is 8.96.